The van der Waals surface area contributed by atoms with Crippen molar-refractivity contribution in [3.05, 3.63) is 11.6 Å². The van der Waals surface area contributed by atoms with E-state index in [0.717, 1.165) is 48.9 Å². The van der Waals surface area contributed by atoms with Gasteiger partial charge in [0, 0.05) is 0 Å². The average molecular weight is 403 g/mol. The predicted octanol–water partition coefficient (Wildman–Crippen LogP) is 6.36. The van der Waals surface area contributed by atoms with Crippen molar-refractivity contribution in [2.45, 2.75) is 111 Å². The van der Waals surface area contributed by atoms with Gasteiger partial charge in [-0.15, -0.1) is 0 Å². The number of rotatable bonds is 5. The molecule has 4 aliphatic rings. The summed E-state index contributed by atoms with van der Waals surface area (Å²) in [6.07, 6.45) is 13.9. The first kappa shape index (κ1) is 21.9. The van der Waals surface area contributed by atoms with Crippen molar-refractivity contribution < 1.29 is 10.2 Å². The summed E-state index contributed by atoms with van der Waals surface area (Å²) in [7, 11) is 0. The number of aliphatic hydroxyl groups excluding tert-OH is 2. The van der Waals surface area contributed by atoms with Crippen LogP contribution in [0.15, 0.2) is 11.6 Å². The van der Waals surface area contributed by atoms with Crippen LogP contribution in [-0.4, -0.2) is 22.4 Å². The minimum atomic E-state index is -0.625. The van der Waals surface area contributed by atoms with E-state index in [-0.39, 0.29) is 5.41 Å². The summed E-state index contributed by atoms with van der Waals surface area (Å²) in [4.78, 5) is 0. The van der Waals surface area contributed by atoms with Gasteiger partial charge in [0.05, 0.1) is 6.10 Å². The topological polar surface area (TPSA) is 40.5 Å². The Hall–Kier alpha value is -0.340. The maximum atomic E-state index is 10.7. The van der Waals surface area contributed by atoms with Gasteiger partial charge in [-0.3, -0.25) is 0 Å². The largest absolute Gasteiger partial charge is 0.390 e. The molecule has 0 heterocycles. The molecule has 4 rings (SSSR count). The molecule has 0 radical (unpaired) electrons. The first-order chi connectivity index (χ1) is 13.7. The van der Waals surface area contributed by atoms with Gasteiger partial charge in [-0.05, 0) is 96.9 Å². The van der Waals surface area contributed by atoms with Gasteiger partial charge in [0.2, 0.25) is 0 Å². The van der Waals surface area contributed by atoms with Crippen LogP contribution in [0.5, 0.6) is 0 Å². The lowest BCUT2D eigenvalue weighted by Gasteiger charge is -2.59. The summed E-state index contributed by atoms with van der Waals surface area (Å²) in [5.41, 5.74) is 1.81. The molecule has 2 nitrogen and oxygen atoms in total. The molecule has 0 saturated heterocycles. The summed E-state index contributed by atoms with van der Waals surface area (Å²) in [6.45, 7) is 12.3. The second kappa shape index (κ2) is 7.97. The van der Waals surface area contributed by atoms with Crippen molar-refractivity contribution in [1.29, 1.82) is 0 Å². The number of hydrogen-bond donors (Lipinski definition) is 2. The lowest BCUT2D eigenvalue weighted by Crippen LogP contribution is -2.53. The Kier molecular flexibility index (Phi) is 6.01. The highest BCUT2D eigenvalue weighted by Crippen LogP contribution is 2.67. The molecular weight excluding hydrogens is 356 g/mol. The van der Waals surface area contributed by atoms with Crippen LogP contribution >= 0.6 is 0 Å². The highest BCUT2D eigenvalue weighted by molar-refractivity contribution is 5.29. The van der Waals surface area contributed by atoms with Crippen LogP contribution in [0.1, 0.15) is 98.8 Å². The third kappa shape index (κ3) is 3.55. The van der Waals surface area contributed by atoms with Gasteiger partial charge in [-0.25, -0.2) is 0 Å². The Morgan fingerprint density at radius 3 is 2.45 bits per heavy atom. The van der Waals surface area contributed by atoms with Crippen LogP contribution in [0.2, 0.25) is 0 Å². The van der Waals surface area contributed by atoms with E-state index in [0.29, 0.717) is 11.3 Å². The molecule has 4 aliphatic carbocycles. The van der Waals surface area contributed by atoms with Crippen molar-refractivity contribution >= 4 is 0 Å². The minimum absolute atomic E-state index is 0.115. The molecule has 2 unspecified atom stereocenters. The summed E-state index contributed by atoms with van der Waals surface area (Å²) in [5.74, 6) is 4.95. The van der Waals surface area contributed by atoms with Crippen molar-refractivity contribution in [2.24, 2.45) is 46.3 Å². The van der Waals surface area contributed by atoms with E-state index in [1.807, 2.05) is 0 Å². The van der Waals surface area contributed by atoms with Crippen molar-refractivity contribution in [3.8, 4) is 0 Å². The molecule has 3 saturated carbocycles. The highest BCUT2D eigenvalue weighted by Gasteiger charge is 2.60. The summed E-state index contributed by atoms with van der Waals surface area (Å²) < 4.78 is 0. The number of hydrogen-bond acceptors (Lipinski definition) is 2. The van der Waals surface area contributed by atoms with Gasteiger partial charge in [0.15, 0.2) is 0 Å². The molecule has 0 aromatic rings. The van der Waals surface area contributed by atoms with Crippen molar-refractivity contribution in [1.82, 2.24) is 0 Å². The summed E-state index contributed by atoms with van der Waals surface area (Å²) >= 11 is 0. The summed E-state index contributed by atoms with van der Waals surface area (Å²) in [6, 6.07) is 0. The van der Waals surface area contributed by atoms with E-state index < -0.39 is 12.2 Å². The van der Waals surface area contributed by atoms with E-state index in [2.05, 4.69) is 40.7 Å². The molecule has 9 atom stereocenters. The van der Waals surface area contributed by atoms with Crippen molar-refractivity contribution in [2.75, 3.05) is 0 Å². The van der Waals surface area contributed by atoms with Gasteiger partial charge in [0.25, 0.3) is 0 Å². The first-order valence-electron chi connectivity index (χ1n) is 12.7. The molecular formula is C27H46O2. The Bertz CT molecular complexity index is 624. The van der Waals surface area contributed by atoms with E-state index in [9.17, 15) is 10.2 Å². The normalized spacial score (nSPS) is 47.9. The number of allylic oxidation sites excluding steroid dienone is 1. The van der Waals surface area contributed by atoms with Crippen molar-refractivity contribution in [3.63, 3.8) is 0 Å². The highest BCUT2D eigenvalue weighted by atomic mass is 16.3. The van der Waals surface area contributed by atoms with Gasteiger partial charge in [0.1, 0.15) is 6.10 Å². The van der Waals surface area contributed by atoms with Crippen LogP contribution in [0.3, 0.4) is 0 Å². The molecule has 0 amide bonds. The van der Waals surface area contributed by atoms with Crippen LogP contribution < -0.4 is 0 Å². The van der Waals surface area contributed by atoms with Gasteiger partial charge in [-0.2, -0.15) is 0 Å². The van der Waals surface area contributed by atoms with Gasteiger partial charge < -0.3 is 10.2 Å². The SMILES string of the molecule is CC(C)CCC[C@@H](C)[C@H]1CC[C@H]2[C@@H]3CC=C4C(O)C(O)CC[C@]4(C)[C@H]3CC[C@]12C. The maximum Gasteiger partial charge on any atom is 0.101 e. The lowest BCUT2D eigenvalue weighted by molar-refractivity contribution is -0.0801. The van der Waals surface area contributed by atoms with Crippen LogP contribution in [0.25, 0.3) is 0 Å². The van der Waals surface area contributed by atoms with E-state index in [1.165, 1.54) is 50.5 Å². The zero-order valence-electron chi connectivity index (χ0n) is 19.7. The molecule has 0 bridgehead atoms. The quantitative estimate of drug-likeness (QED) is 0.525. The maximum absolute atomic E-state index is 10.7. The Morgan fingerprint density at radius 2 is 1.72 bits per heavy atom. The molecule has 166 valence electrons. The van der Waals surface area contributed by atoms with Gasteiger partial charge in [-0.1, -0.05) is 60.0 Å². The number of fused-ring (bicyclic) bond motifs is 5. The minimum Gasteiger partial charge on any atom is -0.390 e. The fraction of sp³-hybridized carbons (Fsp3) is 0.926. The zero-order valence-corrected chi connectivity index (χ0v) is 19.7. The second-order valence-corrected chi connectivity index (χ2v) is 12.3. The monoisotopic (exact) mass is 402 g/mol. The third-order valence-corrected chi connectivity index (χ3v) is 10.4. The molecule has 0 aromatic carbocycles. The molecule has 3 fully saturated rings. The van der Waals surface area contributed by atoms with E-state index in [1.54, 1.807) is 0 Å². The summed E-state index contributed by atoms with van der Waals surface area (Å²) in [5, 5.41) is 20.9. The molecule has 2 N–H and O–H groups in total. The first-order valence-corrected chi connectivity index (χ1v) is 12.7. The van der Waals surface area contributed by atoms with Crippen LogP contribution in [-0.2, 0) is 0 Å². The molecule has 0 spiro atoms. The molecule has 0 aliphatic heterocycles. The molecule has 0 aromatic heterocycles. The van der Waals surface area contributed by atoms with E-state index in [4.69, 9.17) is 0 Å². The fourth-order valence-corrected chi connectivity index (χ4v) is 8.74. The van der Waals surface area contributed by atoms with E-state index >= 15 is 0 Å². The third-order valence-electron chi connectivity index (χ3n) is 10.4. The Balaban J connectivity index is 1.51. The van der Waals surface area contributed by atoms with Crippen LogP contribution in [0.4, 0.5) is 0 Å². The standard InChI is InChI=1S/C27H46O2/c1-17(2)7-6-8-18(3)20-11-12-21-19-9-10-23-25(29)24(28)14-16-27(23,5)22(19)13-15-26(20,21)4/h10,17-22,24-25,28-29H,6-9,11-16H2,1-5H3/t18-,19+,20-,21+,22+,24?,25?,26-,27-/m1/s1. The average Bonchev–Trinajstić information content (AvgIpc) is 3.02. The second-order valence-electron chi connectivity index (χ2n) is 12.3. The number of aliphatic hydroxyl groups is 2. The molecule has 2 heteroatoms. The lowest BCUT2D eigenvalue weighted by atomic mass is 9.46. The van der Waals surface area contributed by atoms with Crippen LogP contribution in [0, 0.1) is 46.3 Å². The fourth-order valence-electron chi connectivity index (χ4n) is 8.74. The smallest absolute Gasteiger partial charge is 0.101 e. The zero-order chi connectivity index (χ0) is 21.0. The van der Waals surface area contributed by atoms with Gasteiger partial charge >= 0.3 is 0 Å². The Labute approximate surface area is 179 Å². The molecule has 29 heavy (non-hydrogen) atoms. The Morgan fingerprint density at radius 1 is 0.966 bits per heavy atom. The predicted molar refractivity (Wildman–Crippen MR) is 120 cm³/mol.